The predicted molar refractivity (Wildman–Crippen MR) is 67.5 cm³/mol. The summed E-state index contributed by atoms with van der Waals surface area (Å²) >= 11 is 7.61. The molecule has 0 spiro atoms. The maximum Gasteiger partial charge on any atom is 0.0406 e. The van der Waals surface area contributed by atoms with Gasteiger partial charge < -0.3 is 5.73 Å². The molecule has 0 atom stereocenters. The summed E-state index contributed by atoms with van der Waals surface area (Å²) in [5.74, 6) is 0. The van der Waals surface area contributed by atoms with Crippen LogP contribution in [0.25, 0.3) is 10.4 Å². The molecule has 0 unspecified atom stereocenters. The van der Waals surface area contributed by atoms with E-state index in [0.717, 1.165) is 11.4 Å². The fourth-order valence-corrected chi connectivity index (χ4v) is 2.63. The Balaban J connectivity index is 2.36. The van der Waals surface area contributed by atoms with Gasteiger partial charge in [0, 0.05) is 9.90 Å². The Labute approximate surface area is 98.5 Å². The minimum atomic E-state index is 0.692. The standard InChI is InChI=1S/C12H12ClNS/c13-11-3-1-9(2-4-11)12-10(5-7-14)6-8-15-12/h1-4,6,8H,5,7,14H2. The second-order valence-corrected chi connectivity index (χ2v) is 4.67. The zero-order chi connectivity index (χ0) is 10.7. The van der Waals surface area contributed by atoms with Gasteiger partial charge in [0.1, 0.15) is 0 Å². The third-order valence-electron chi connectivity index (χ3n) is 2.27. The summed E-state index contributed by atoms with van der Waals surface area (Å²) in [6.07, 6.45) is 0.932. The summed E-state index contributed by atoms with van der Waals surface area (Å²) < 4.78 is 0. The van der Waals surface area contributed by atoms with Crippen LogP contribution >= 0.6 is 22.9 Å². The van der Waals surface area contributed by atoms with Gasteiger partial charge in [-0.2, -0.15) is 0 Å². The van der Waals surface area contributed by atoms with Gasteiger partial charge in [0.25, 0.3) is 0 Å². The normalized spacial score (nSPS) is 10.5. The van der Waals surface area contributed by atoms with E-state index in [1.54, 1.807) is 11.3 Å². The second-order valence-electron chi connectivity index (χ2n) is 3.32. The number of nitrogens with two attached hydrogens (primary N) is 1. The summed E-state index contributed by atoms with van der Waals surface area (Å²) in [5, 5.41) is 2.88. The quantitative estimate of drug-likeness (QED) is 0.868. The zero-order valence-electron chi connectivity index (χ0n) is 8.24. The predicted octanol–water partition coefficient (Wildman–Crippen LogP) is 3.57. The number of hydrogen-bond donors (Lipinski definition) is 1. The number of halogens is 1. The monoisotopic (exact) mass is 237 g/mol. The molecule has 2 rings (SSSR count). The summed E-state index contributed by atoms with van der Waals surface area (Å²) in [7, 11) is 0. The first kappa shape index (κ1) is 10.7. The van der Waals surface area contributed by atoms with Crippen LogP contribution in [0.4, 0.5) is 0 Å². The molecule has 0 radical (unpaired) electrons. The lowest BCUT2D eigenvalue weighted by atomic mass is 10.1. The highest BCUT2D eigenvalue weighted by Crippen LogP contribution is 2.30. The summed E-state index contributed by atoms with van der Waals surface area (Å²) in [6, 6.07) is 10.1. The van der Waals surface area contributed by atoms with Crippen LogP contribution in [0.5, 0.6) is 0 Å². The Bertz CT molecular complexity index is 433. The lowest BCUT2D eigenvalue weighted by Crippen LogP contribution is -2.02. The van der Waals surface area contributed by atoms with Crippen molar-refractivity contribution in [1.29, 1.82) is 0 Å². The molecule has 1 nitrogen and oxygen atoms in total. The van der Waals surface area contributed by atoms with Crippen molar-refractivity contribution in [3.05, 3.63) is 46.3 Å². The van der Waals surface area contributed by atoms with Gasteiger partial charge in [0.2, 0.25) is 0 Å². The molecule has 78 valence electrons. The van der Waals surface area contributed by atoms with E-state index in [9.17, 15) is 0 Å². The fraction of sp³-hybridized carbons (Fsp3) is 0.167. The lowest BCUT2D eigenvalue weighted by Gasteiger charge is -2.02. The van der Waals surface area contributed by atoms with Gasteiger partial charge in [0.05, 0.1) is 0 Å². The van der Waals surface area contributed by atoms with Crippen LogP contribution < -0.4 is 5.73 Å². The van der Waals surface area contributed by atoms with Gasteiger partial charge in [0.15, 0.2) is 0 Å². The van der Waals surface area contributed by atoms with Gasteiger partial charge in [-0.1, -0.05) is 23.7 Å². The first-order chi connectivity index (χ1) is 7.31. The Morgan fingerprint density at radius 1 is 1.13 bits per heavy atom. The molecule has 0 fully saturated rings. The molecule has 0 aliphatic heterocycles. The summed E-state index contributed by atoms with van der Waals surface area (Å²) in [6.45, 7) is 0.692. The first-order valence-electron chi connectivity index (χ1n) is 4.83. The van der Waals surface area contributed by atoms with Gasteiger partial charge in [-0.25, -0.2) is 0 Å². The largest absolute Gasteiger partial charge is 0.330 e. The minimum Gasteiger partial charge on any atom is -0.330 e. The van der Waals surface area contributed by atoms with Crippen molar-refractivity contribution in [3.63, 3.8) is 0 Å². The molecule has 2 N–H and O–H groups in total. The van der Waals surface area contributed by atoms with Gasteiger partial charge in [-0.15, -0.1) is 11.3 Å². The van der Waals surface area contributed by atoms with E-state index in [1.807, 2.05) is 24.3 Å². The van der Waals surface area contributed by atoms with E-state index in [2.05, 4.69) is 11.4 Å². The van der Waals surface area contributed by atoms with Crippen LogP contribution in [-0.2, 0) is 6.42 Å². The smallest absolute Gasteiger partial charge is 0.0406 e. The third kappa shape index (κ3) is 2.40. The summed E-state index contributed by atoms with van der Waals surface area (Å²) in [5.41, 5.74) is 8.12. The van der Waals surface area contributed by atoms with Crippen molar-refractivity contribution in [1.82, 2.24) is 0 Å². The van der Waals surface area contributed by atoms with E-state index in [0.29, 0.717) is 6.54 Å². The zero-order valence-corrected chi connectivity index (χ0v) is 9.81. The van der Waals surface area contributed by atoms with Crippen molar-refractivity contribution in [3.8, 4) is 10.4 Å². The van der Waals surface area contributed by atoms with Gasteiger partial charge in [-0.3, -0.25) is 0 Å². The molecule has 1 aromatic heterocycles. The third-order valence-corrected chi connectivity index (χ3v) is 3.52. The van der Waals surface area contributed by atoms with Crippen LogP contribution in [-0.4, -0.2) is 6.54 Å². The van der Waals surface area contributed by atoms with Crippen molar-refractivity contribution in [2.45, 2.75) is 6.42 Å². The lowest BCUT2D eigenvalue weighted by molar-refractivity contribution is 0.976. The van der Waals surface area contributed by atoms with Crippen LogP contribution in [0.1, 0.15) is 5.56 Å². The molecule has 0 aliphatic carbocycles. The molecular formula is C12H12ClNS. The van der Waals surface area contributed by atoms with Crippen LogP contribution in [0.2, 0.25) is 5.02 Å². The Kier molecular flexibility index (Phi) is 3.41. The molecule has 1 heterocycles. The molecule has 0 saturated heterocycles. The minimum absolute atomic E-state index is 0.692. The maximum absolute atomic E-state index is 5.86. The molecule has 2 aromatic rings. The SMILES string of the molecule is NCCc1ccsc1-c1ccc(Cl)cc1. The molecule has 0 amide bonds. The van der Waals surface area contributed by atoms with E-state index in [4.69, 9.17) is 17.3 Å². The molecular weight excluding hydrogens is 226 g/mol. The van der Waals surface area contributed by atoms with E-state index < -0.39 is 0 Å². The fourth-order valence-electron chi connectivity index (χ4n) is 1.54. The van der Waals surface area contributed by atoms with Gasteiger partial charge >= 0.3 is 0 Å². The molecule has 1 aromatic carbocycles. The topological polar surface area (TPSA) is 26.0 Å². The molecule has 0 saturated carbocycles. The van der Waals surface area contributed by atoms with E-state index >= 15 is 0 Å². The average Bonchev–Trinajstić information content (AvgIpc) is 2.68. The second kappa shape index (κ2) is 4.79. The van der Waals surface area contributed by atoms with E-state index in [-0.39, 0.29) is 0 Å². The molecule has 15 heavy (non-hydrogen) atoms. The first-order valence-corrected chi connectivity index (χ1v) is 6.09. The summed E-state index contributed by atoms with van der Waals surface area (Å²) in [4.78, 5) is 1.30. The highest BCUT2D eigenvalue weighted by molar-refractivity contribution is 7.13. The number of rotatable bonds is 3. The Hall–Kier alpha value is -0.830. The van der Waals surface area contributed by atoms with Crippen LogP contribution in [0.15, 0.2) is 35.7 Å². The van der Waals surface area contributed by atoms with Crippen molar-refractivity contribution in [2.75, 3.05) is 6.54 Å². The van der Waals surface area contributed by atoms with Crippen LogP contribution in [0, 0.1) is 0 Å². The average molecular weight is 238 g/mol. The number of hydrogen-bond acceptors (Lipinski definition) is 2. The van der Waals surface area contributed by atoms with Crippen molar-refractivity contribution < 1.29 is 0 Å². The molecule has 0 bridgehead atoms. The number of thiophene rings is 1. The Morgan fingerprint density at radius 3 is 2.53 bits per heavy atom. The van der Waals surface area contributed by atoms with E-state index in [1.165, 1.54) is 16.0 Å². The molecule has 3 heteroatoms. The van der Waals surface area contributed by atoms with Crippen molar-refractivity contribution in [2.24, 2.45) is 5.73 Å². The Morgan fingerprint density at radius 2 is 1.87 bits per heavy atom. The maximum atomic E-state index is 5.86. The van der Waals surface area contributed by atoms with Gasteiger partial charge in [-0.05, 0) is 47.7 Å². The highest BCUT2D eigenvalue weighted by atomic mass is 35.5. The molecule has 0 aliphatic rings. The number of benzene rings is 1. The van der Waals surface area contributed by atoms with Crippen LogP contribution in [0.3, 0.4) is 0 Å². The highest BCUT2D eigenvalue weighted by Gasteiger charge is 2.05. The van der Waals surface area contributed by atoms with Crippen molar-refractivity contribution >= 4 is 22.9 Å².